The van der Waals surface area contributed by atoms with E-state index in [1.165, 1.54) is 0 Å². The van der Waals surface area contributed by atoms with Crippen LogP contribution >= 0.6 is 0 Å². The number of hydrogen-bond acceptors (Lipinski definition) is 5. The van der Waals surface area contributed by atoms with Crippen LogP contribution in [0.25, 0.3) is 0 Å². The van der Waals surface area contributed by atoms with Gasteiger partial charge in [0.05, 0.1) is 0 Å². The molecule has 196 valence electrons. The fourth-order valence-electron chi connectivity index (χ4n) is 3.74. The SMILES string of the molecule is C=C[C@@H]1C[C@@H](CO[Si](C)(C)C(C)(C)C)N(C(=O)OCc2ccccc2)C(C[Se](=O)c2ccccc2)O1. The number of rotatable bonds is 9. The normalized spacial score (nSPS) is 21.6. The van der Waals surface area contributed by atoms with Gasteiger partial charge in [-0.3, -0.25) is 0 Å². The zero-order valence-electron chi connectivity index (χ0n) is 22.0. The van der Waals surface area contributed by atoms with Gasteiger partial charge in [-0.1, -0.05) is 0 Å². The van der Waals surface area contributed by atoms with Gasteiger partial charge in [-0.15, -0.1) is 0 Å². The second-order valence-corrected chi connectivity index (χ2v) is 18.5. The molecule has 1 amide bonds. The standard InChI is InChI=1S/C28H39NO5SeSi/c1-7-24-18-23(20-33-36(5,6)28(2,3)4)29(27(30)32-19-22-14-10-8-11-15-22)26(34-24)21-35(31)25-16-12-9-13-17-25/h7-17,23-24,26H,1,18-21H2,2-6H3/t23-,24+,26?,35?/m0/s1. The van der Waals surface area contributed by atoms with Crippen LogP contribution in [0.5, 0.6) is 0 Å². The molecule has 0 bridgehead atoms. The van der Waals surface area contributed by atoms with Crippen LogP contribution < -0.4 is 4.46 Å². The quantitative estimate of drug-likeness (QED) is 0.285. The monoisotopic (exact) mass is 577 g/mol. The molecular weight excluding hydrogens is 537 g/mol. The Balaban J connectivity index is 1.85. The molecule has 8 heteroatoms. The van der Waals surface area contributed by atoms with Gasteiger partial charge < -0.3 is 0 Å². The molecular formula is C28H39NO5SeSi. The van der Waals surface area contributed by atoms with Gasteiger partial charge in [0.1, 0.15) is 0 Å². The van der Waals surface area contributed by atoms with Crippen molar-refractivity contribution in [1.29, 1.82) is 0 Å². The van der Waals surface area contributed by atoms with Gasteiger partial charge in [-0.2, -0.15) is 0 Å². The van der Waals surface area contributed by atoms with Gasteiger partial charge in [0.15, 0.2) is 0 Å². The summed E-state index contributed by atoms with van der Waals surface area (Å²) in [5, 5.41) is 0.263. The average molecular weight is 577 g/mol. The maximum absolute atomic E-state index is 13.5. The predicted molar refractivity (Wildman–Crippen MR) is 146 cm³/mol. The molecule has 2 aromatic carbocycles. The Hall–Kier alpha value is -2.09. The summed E-state index contributed by atoms with van der Waals surface area (Å²) in [4.78, 5) is 15.1. The van der Waals surface area contributed by atoms with E-state index in [9.17, 15) is 8.63 Å². The Morgan fingerprint density at radius 2 is 1.75 bits per heavy atom. The molecule has 1 fully saturated rings. The Kier molecular flexibility index (Phi) is 9.84. The number of benzene rings is 2. The Morgan fingerprint density at radius 1 is 1.14 bits per heavy atom. The summed E-state index contributed by atoms with van der Waals surface area (Å²) in [5.41, 5.74) is 0.901. The van der Waals surface area contributed by atoms with Gasteiger partial charge in [0, 0.05) is 0 Å². The van der Waals surface area contributed by atoms with Crippen LogP contribution in [0.2, 0.25) is 23.5 Å². The number of amides is 1. The van der Waals surface area contributed by atoms with Crippen LogP contribution in [0.15, 0.2) is 73.3 Å². The molecule has 1 saturated heterocycles. The van der Waals surface area contributed by atoms with Crippen LogP contribution in [0, 0.1) is 0 Å². The van der Waals surface area contributed by atoms with Gasteiger partial charge in [-0.05, 0) is 0 Å². The molecule has 2 unspecified atom stereocenters. The number of carbonyl (C=O) groups excluding carboxylic acids is 1. The van der Waals surface area contributed by atoms with Crippen LogP contribution in [-0.4, -0.2) is 58.1 Å². The third-order valence-electron chi connectivity index (χ3n) is 6.96. The topological polar surface area (TPSA) is 65.1 Å². The van der Waals surface area contributed by atoms with Crippen LogP contribution in [0.3, 0.4) is 0 Å². The van der Waals surface area contributed by atoms with Gasteiger partial charge in [-0.25, -0.2) is 0 Å². The van der Waals surface area contributed by atoms with Crippen molar-refractivity contribution >= 4 is 32.7 Å². The van der Waals surface area contributed by atoms with Crippen molar-refractivity contribution in [2.75, 3.05) is 6.61 Å². The molecule has 6 nitrogen and oxygen atoms in total. The molecule has 0 radical (unpaired) electrons. The van der Waals surface area contributed by atoms with Gasteiger partial charge >= 0.3 is 221 Å². The summed E-state index contributed by atoms with van der Waals surface area (Å²) in [6.07, 6.45) is 0.851. The van der Waals surface area contributed by atoms with E-state index in [4.69, 9.17) is 13.9 Å². The minimum atomic E-state index is -2.47. The van der Waals surface area contributed by atoms with E-state index >= 15 is 0 Å². The van der Waals surface area contributed by atoms with E-state index in [-0.39, 0.29) is 29.1 Å². The molecule has 3 rings (SSSR count). The maximum atomic E-state index is 13.5. The zero-order valence-corrected chi connectivity index (χ0v) is 24.7. The first-order valence-corrected chi connectivity index (χ1v) is 18.0. The third kappa shape index (κ3) is 7.46. The third-order valence-corrected chi connectivity index (χ3v) is 14.4. The van der Waals surface area contributed by atoms with Crippen molar-refractivity contribution < 1.29 is 22.5 Å². The molecule has 4 atom stereocenters. The van der Waals surface area contributed by atoms with Crippen molar-refractivity contribution in [3.05, 3.63) is 78.9 Å². The molecule has 0 saturated carbocycles. The van der Waals surface area contributed by atoms with Gasteiger partial charge in [0.25, 0.3) is 0 Å². The molecule has 0 aliphatic carbocycles. The summed E-state index contributed by atoms with van der Waals surface area (Å²) in [6.45, 7) is 15.4. The molecule has 1 heterocycles. The summed E-state index contributed by atoms with van der Waals surface area (Å²) in [7, 11) is -2.06. The van der Waals surface area contributed by atoms with Crippen LogP contribution in [0.4, 0.5) is 4.79 Å². The van der Waals surface area contributed by atoms with E-state index < -0.39 is 34.5 Å². The number of nitrogens with zero attached hydrogens (tertiary/aromatic N) is 1. The van der Waals surface area contributed by atoms with E-state index in [1.54, 1.807) is 11.0 Å². The Labute approximate surface area is 220 Å². The zero-order chi connectivity index (χ0) is 26.3. The summed E-state index contributed by atoms with van der Waals surface area (Å²) in [5.74, 6) is 0. The summed E-state index contributed by atoms with van der Waals surface area (Å²) < 4.78 is 32.6. The molecule has 0 spiro atoms. The van der Waals surface area contributed by atoms with Crippen LogP contribution in [0.1, 0.15) is 32.8 Å². The Morgan fingerprint density at radius 3 is 2.33 bits per heavy atom. The van der Waals surface area contributed by atoms with E-state index in [1.807, 2.05) is 60.7 Å². The van der Waals surface area contributed by atoms with E-state index in [0.29, 0.717) is 13.0 Å². The fraction of sp³-hybridized carbons (Fsp3) is 0.464. The van der Waals surface area contributed by atoms with Crippen LogP contribution in [-0.2, 0) is 24.3 Å². The van der Waals surface area contributed by atoms with Crippen molar-refractivity contribution in [2.45, 2.75) is 75.6 Å². The van der Waals surface area contributed by atoms with Crippen molar-refractivity contribution in [2.24, 2.45) is 0 Å². The molecule has 2 aromatic rings. The second kappa shape index (κ2) is 12.4. The second-order valence-electron chi connectivity index (χ2n) is 10.6. The number of hydrogen-bond donors (Lipinski definition) is 0. The molecule has 36 heavy (non-hydrogen) atoms. The first kappa shape index (κ1) is 28.5. The number of ether oxygens (including phenoxy) is 2. The minimum absolute atomic E-state index is 0.0354. The van der Waals surface area contributed by atoms with E-state index in [0.717, 1.165) is 10.0 Å². The number of carbonyl (C=O) groups is 1. The average Bonchev–Trinajstić information content (AvgIpc) is 2.86. The van der Waals surface area contributed by atoms with E-state index in [2.05, 4.69) is 40.4 Å². The summed E-state index contributed by atoms with van der Waals surface area (Å²) in [6, 6.07) is 18.7. The molecule has 0 aromatic heterocycles. The van der Waals surface area contributed by atoms with Crippen molar-refractivity contribution in [3.63, 3.8) is 0 Å². The molecule has 1 aliphatic rings. The van der Waals surface area contributed by atoms with Crippen molar-refractivity contribution in [1.82, 2.24) is 4.90 Å². The van der Waals surface area contributed by atoms with Crippen molar-refractivity contribution in [3.8, 4) is 0 Å². The summed E-state index contributed by atoms with van der Waals surface area (Å²) >= 11 is -2.47. The fourth-order valence-corrected chi connectivity index (χ4v) is 7.20. The first-order valence-electron chi connectivity index (χ1n) is 12.4. The molecule has 1 aliphatic heterocycles. The van der Waals surface area contributed by atoms with Gasteiger partial charge in [0.2, 0.25) is 0 Å². The predicted octanol–water partition coefficient (Wildman–Crippen LogP) is 5.65. The molecule has 0 N–H and O–H groups in total. The first-order chi connectivity index (χ1) is 17.0. The Bertz CT molecular complexity index is 1030.